The van der Waals surface area contributed by atoms with Gasteiger partial charge in [0.05, 0.1) is 18.4 Å². The SMILES string of the molecule is Brc1cncc(N2CCCC2Cn2cncn2)c1. The van der Waals surface area contributed by atoms with E-state index in [1.807, 2.05) is 17.1 Å². The lowest BCUT2D eigenvalue weighted by molar-refractivity contribution is 0.508. The van der Waals surface area contributed by atoms with Gasteiger partial charge in [-0.15, -0.1) is 0 Å². The third-order valence-corrected chi connectivity index (χ3v) is 3.70. The fourth-order valence-electron chi connectivity index (χ4n) is 2.47. The van der Waals surface area contributed by atoms with Crippen LogP contribution in [0.15, 0.2) is 35.6 Å². The van der Waals surface area contributed by atoms with Gasteiger partial charge in [-0.2, -0.15) is 5.10 Å². The molecule has 1 saturated heterocycles. The summed E-state index contributed by atoms with van der Waals surface area (Å²) in [5.74, 6) is 0. The molecule has 0 spiro atoms. The molecule has 2 aromatic heterocycles. The van der Waals surface area contributed by atoms with Crippen LogP contribution >= 0.6 is 15.9 Å². The van der Waals surface area contributed by atoms with E-state index in [4.69, 9.17) is 0 Å². The Morgan fingerprint density at radius 3 is 3.06 bits per heavy atom. The van der Waals surface area contributed by atoms with Crippen molar-refractivity contribution in [3.63, 3.8) is 0 Å². The maximum absolute atomic E-state index is 4.24. The number of halogens is 1. The van der Waals surface area contributed by atoms with Gasteiger partial charge < -0.3 is 4.90 Å². The minimum absolute atomic E-state index is 0.475. The molecule has 6 heteroatoms. The van der Waals surface area contributed by atoms with Gasteiger partial charge >= 0.3 is 0 Å². The highest BCUT2D eigenvalue weighted by atomic mass is 79.9. The summed E-state index contributed by atoms with van der Waals surface area (Å²) in [5, 5.41) is 4.18. The molecule has 2 aromatic rings. The molecular formula is C12H14BrN5. The topological polar surface area (TPSA) is 46.8 Å². The van der Waals surface area contributed by atoms with E-state index in [-0.39, 0.29) is 0 Å². The van der Waals surface area contributed by atoms with Crippen LogP contribution in [0.2, 0.25) is 0 Å². The molecule has 1 unspecified atom stereocenters. The van der Waals surface area contributed by atoms with Crippen molar-refractivity contribution in [2.75, 3.05) is 11.4 Å². The summed E-state index contributed by atoms with van der Waals surface area (Å²) in [4.78, 5) is 10.6. The molecule has 3 rings (SSSR count). The lowest BCUT2D eigenvalue weighted by Gasteiger charge is -2.26. The Bertz CT molecular complexity index is 513. The first kappa shape index (κ1) is 11.6. The zero-order chi connectivity index (χ0) is 12.4. The highest BCUT2D eigenvalue weighted by molar-refractivity contribution is 9.10. The summed E-state index contributed by atoms with van der Waals surface area (Å²) >= 11 is 3.47. The van der Waals surface area contributed by atoms with Crippen molar-refractivity contribution < 1.29 is 0 Å². The maximum Gasteiger partial charge on any atom is 0.137 e. The molecule has 0 aliphatic carbocycles. The van der Waals surface area contributed by atoms with Gasteiger partial charge in [-0.05, 0) is 34.8 Å². The van der Waals surface area contributed by atoms with Gasteiger partial charge in [0.25, 0.3) is 0 Å². The van der Waals surface area contributed by atoms with Crippen LogP contribution in [-0.2, 0) is 6.54 Å². The molecule has 1 atom stereocenters. The third kappa shape index (κ3) is 2.38. The summed E-state index contributed by atoms with van der Waals surface area (Å²) in [6.45, 7) is 1.96. The second-order valence-corrected chi connectivity index (χ2v) is 5.38. The van der Waals surface area contributed by atoms with Gasteiger partial charge in [0.15, 0.2) is 0 Å². The van der Waals surface area contributed by atoms with Crippen molar-refractivity contribution in [1.82, 2.24) is 19.7 Å². The van der Waals surface area contributed by atoms with Crippen LogP contribution in [0, 0.1) is 0 Å². The molecule has 1 aliphatic heterocycles. The number of rotatable bonds is 3. The molecule has 5 nitrogen and oxygen atoms in total. The van der Waals surface area contributed by atoms with Gasteiger partial charge in [0.1, 0.15) is 12.7 Å². The molecule has 18 heavy (non-hydrogen) atoms. The molecule has 94 valence electrons. The highest BCUT2D eigenvalue weighted by Gasteiger charge is 2.25. The number of aromatic nitrogens is 4. The third-order valence-electron chi connectivity index (χ3n) is 3.26. The minimum atomic E-state index is 0.475. The number of anilines is 1. The molecule has 0 saturated carbocycles. The van der Waals surface area contributed by atoms with E-state index in [2.05, 4.69) is 42.0 Å². The Morgan fingerprint density at radius 1 is 1.33 bits per heavy atom. The van der Waals surface area contributed by atoms with Crippen molar-refractivity contribution in [3.05, 3.63) is 35.6 Å². The first-order valence-corrected chi connectivity index (χ1v) is 6.82. The fourth-order valence-corrected chi connectivity index (χ4v) is 2.82. The van der Waals surface area contributed by atoms with Crippen LogP contribution in [0.25, 0.3) is 0 Å². The van der Waals surface area contributed by atoms with Crippen LogP contribution in [0.4, 0.5) is 5.69 Å². The van der Waals surface area contributed by atoms with E-state index < -0.39 is 0 Å². The normalized spacial score (nSPS) is 19.4. The van der Waals surface area contributed by atoms with Crippen LogP contribution < -0.4 is 4.90 Å². The monoisotopic (exact) mass is 307 g/mol. The number of nitrogens with zero attached hydrogens (tertiary/aromatic N) is 5. The first-order chi connectivity index (χ1) is 8.83. The molecule has 0 N–H and O–H groups in total. The number of hydrogen-bond donors (Lipinski definition) is 0. The summed E-state index contributed by atoms with van der Waals surface area (Å²) < 4.78 is 2.92. The lowest BCUT2D eigenvalue weighted by Crippen LogP contribution is -2.33. The number of hydrogen-bond acceptors (Lipinski definition) is 4. The molecular weight excluding hydrogens is 294 g/mol. The fraction of sp³-hybridized carbons (Fsp3) is 0.417. The molecule has 0 aromatic carbocycles. The van der Waals surface area contributed by atoms with Crippen molar-refractivity contribution in [2.45, 2.75) is 25.4 Å². The lowest BCUT2D eigenvalue weighted by atomic mass is 10.2. The zero-order valence-electron chi connectivity index (χ0n) is 9.91. The maximum atomic E-state index is 4.24. The molecule has 3 heterocycles. The van der Waals surface area contributed by atoms with Gasteiger partial charge in [-0.25, -0.2) is 4.98 Å². The average molecular weight is 308 g/mol. The van der Waals surface area contributed by atoms with E-state index in [0.717, 1.165) is 17.6 Å². The molecule has 0 bridgehead atoms. The quantitative estimate of drug-likeness (QED) is 0.871. The van der Waals surface area contributed by atoms with E-state index in [1.54, 1.807) is 12.7 Å². The smallest absolute Gasteiger partial charge is 0.137 e. The van der Waals surface area contributed by atoms with Crippen LogP contribution in [0.3, 0.4) is 0 Å². The number of pyridine rings is 1. The Labute approximate surface area is 114 Å². The summed E-state index contributed by atoms with van der Waals surface area (Å²) in [6.07, 6.45) is 9.49. The van der Waals surface area contributed by atoms with Gasteiger partial charge in [-0.1, -0.05) is 0 Å². The van der Waals surface area contributed by atoms with Gasteiger partial charge in [0, 0.05) is 23.3 Å². The van der Waals surface area contributed by atoms with Crippen molar-refractivity contribution in [3.8, 4) is 0 Å². The Morgan fingerprint density at radius 2 is 2.28 bits per heavy atom. The predicted octanol–water partition coefficient (Wildman–Crippen LogP) is 2.10. The Kier molecular flexibility index (Phi) is 3.27. The van der Waals surface area contributed by atoms with E-state index in [0.29, 0.717) is 6.04 Å². The second-order valence-electron chi connectivity index (χ2n) is 4.47. The molecule has 0 radical (unpaired) electrons. The van der Waals surface area contributed by atoms with Crippen molar-refractivity contribution in [2.24, 2.45) is 0 Å². The van der Waals surface area contributed by atoms with Crippen LogP contribution in [-0.4, -0.2) is 32.3 Å². The predicted molar refractivity (Wildman–Crippen MR) is 72.3 cm³/mol. The van der Waals surface area contributed by atoms with E-state index in [1.165, 1.54) is 18.5 Å². The average Bonchev–Trinajstić information content (AvgIpc) is 3.01. The second kappa shape index (κ2) is 5.06. The van der Waals surface area contributed by atoms with Crippen molar-refractivity contribution in [1.29, 1.82) is 0 Å². The van der Waals surface area contributed by atoms with E-state index in [9.17, 15) is 0 Å². The minimum Gasteiger partial charge on any atom is -0.365 e. The first-order valence-electron chi connectivity index (χ1n) is 6.02. The van der Waals surface area contributed by atoms with Crippen LogP contribution in [0.5, 0.6) is 0 Å². The Hall–Kier alpha value is -1.43. The summed E-state index contributed by atoms with van der Waals surface area (Å²) in [5.41, 5.74) is 1.17. The Balaban J connectivity index is 1.79. The molecule has 1 fully saturated rings. The molecule has 1 aliphatic rings. The van der Waals surface area contributed by atoms with Gasteiger partial charge in [0.2, 0.25) is 0 Å². The largest absolute Gasteiger partial charge is 0.365 e. The highest BCUT2D eigenvalue weighted by Crippen LogP contribution is 2.27. The molecule has 0 amide bonds. The van der Waals surface area contributed by atoms with Crippen molar-refractivity contribution >= 4 is 21.6 Å². The van der Waals surface area contributed by atoms with Crippen LogP contribution in [0.1, 0.15) is 12.8 Å². The summed E-state index contributed by atoms with van der Waals surface area (Å²) in [7, 11) is 0. The summed E-state index contributed by atoms with van der Waals surface area (Å²) in [6, 6.07) is 2.59. The van der Waals surface area contributed by atoms with E-state index >= 15 is 0 Å². The standard InChI is InChI=1S/C12H14BrN5/c13-10-4-12(6-14-5-10)18-3-1-2-11(18)7-17-9-15-8-16-17/h4-6,8-9,11H,1-3,7H2. The van der Waals surface area contributed by atoms with Gasteiger partial charge in [-0.3, -0.25) is 9.67 Å². The zero-order valence-corrected chi connectivity index (χ0v) is 11.5.